The first kappa shape index (κ1) is 42.5. The Labute approximate surface area is 265 Å². The van der Waals surface area contributed by atoms with Crippen LogP contribution in [0.15, 0.2) is 0 Å². The minimum absolute atomic E-state index is 0.0904. The zero-order valence-corrected chi connectivity index (χ0v) is 29.4. The number of phosphoric ester groups is 1. The summed E-state index contributed by atoms with van der Waals surface area (Å²) in [6, 6.07) is -0.768. The molecule has 5 N–H and O–H groups in total. The van der Waals surface area contributed by atoms with Crippen molar-refractivity contribution in [3.63, 3.8) is 0 Å². The van der Waals surface area contributed by atoms with Gasteiger partial charge in [-0.2, -0.15) is 0 Å². The Balaban J connectivity index is 4.29. The first-order valence-corrected chi connectivity index (χ1v) is 19.4. The quantitative estimate of drug-likeness (QED) is 0.0429. The molecule has 43 heavy (non-hydrogen) atoms. The van der Waals surface area contributed by atoms with Crippen molar-refractivity contribution in [3.05, 3.63) is 0 Å². The zero-order chi connectivity index (χ0) is 32.2. The maximum absolute atomic E-state index is 12.7. The number of amides is 1. The highest BCUT2D eigenvalue weighted by Gasteiger charge is 2.27. The van der Waals surface area contributed by atoms with E-state index in [0.29, 0.717) is 12.8 Å². The van der Waals surface area contributed by atoms with Gasteiger partial charge in [0.1, 0.15) is 0 Å². The van der Waals surface area contributed by atoms with E-state index in [2.05, 4.69) is 33.0 Å². The van der Waals surface area contributed by atoms with Gasteiger partial charge in [0.05, 0.1) is 25.4 Å². The third-order valence-corrected chi connectivity index (χ3v) is 9.05. The number of nitrogens with one attached hydrogen (secondary N) is 1. The van der Waals surface area contributed by atoms with Gasteiger partial charge in [0.25, 0.3) is 0 Å². The molecule has 0 radical (unpaired) electrons. The van der Waals surface area contributed by atoms with Crippen molar-refractivity contribution in [1.29, 1.82) is 0 Å². The molecule has 0 heterocycles. The Morgan fingerprint density at radius 2 is 1.07 bits per heavy atom. The van der Waals surface area contributed by atoms with Crippen LogP contribution in [0.1, 0.15) is 169 Å². The highest BCUT2D eigenvalue weighted by atomic mass is 31.2. The number of aliphatic hydroxyl groups is 1. The Hall–Kier alpha value is -0.500. The van der Waals surface area contributed by atoms with Gasteiger partial charge in [0.2, 0.25) is 5.91 Å². The monoisotopic (exact) mass is 635 g/mol. The average Bonchev–Trinajstić information content (AvgIpc) is 2.95. The van der Waals surface area contributed by atoms with Crippen molar-refractivity contribution in [2.24, 2.45) is 17.6 Å². The minimum Gasteiger partial charge on any atom is -0.391 e. The number of phosphoric acid groups is 1. The van der Waals surface area contributed by atoms with Crippen molar-refractivity contribution in [3.8, 4) is 0 Å². The van der Waals surface area contributed by atoms with Crippen molar-refractivity contribution in [2.45, 2.75) is 181 Å². The lowest BCUT2D eigenvalue weighted by Gasteiger charge is -2.25. The molecule has 3 unspecified atom stereocenters. The van der Waals surface area contributed by atoms with Gasteiger partial charge in [0.15, 0.2) is 0 Å². The second kappa shape index (κ2) is 28.9. The van der Waals surface area contributed by atoms with Crippen LogP contribution in [0.25, 0.3) is 0 Å². The molecule has 0 spiro atoms. The molecule has 0 aromatic carbocycles. The van der Waals surface area contributed by atoms with E-state index in [0.717, 1.165) is 50.4 Å². The summed E-state index contributed by atoms with van der Waals surface area (Å²) in [6.45, 7) is 8.81. The van der Waals surface area contributed by atoms with Gasteiger partial charge in [-0.3, -0.25) is 13.8 Å². The number of carbonyl (C=O) groups is 1. The molecule has 0 aliphatic heterocycles. The SMILES string of the molecule is CC(C)CCCCCCCCCCCC(=O)NC(COP(=O)(O)OCCN)C(O)CCCCCCCCCCCC(C)C. The fourth-order valence-electron chi connectivity index (χ4n) is 5.33. The summed E-state index contributed by atoms with van der Waals surface area (Å²) in [5.74, 6) is 1.43. The molecule has 0 aromatic heterocycles. The highest BCUT2D eigenvalue weighted by molar-refractivity contribution is 7.47. The Kier molecular flexibility index (Phi) is 28.6. The molecule has 0 saturated heterocycles. The van der Waals surface area contributed by atoms with Gasteiger partial charge >= 0.3 is 7.82 Å². The number of hydrogen-bond donors (Lipinski definition) is 4. The van der Waals surface area contributed by atoms with Crippen LogP contribution in [0.3, 0.4) is 0 Å². The van der Waals surface area contributed by atoms with Crippen molar-refractivity contribution < 1.29 is 28.4 Å². The normalized spacial score (nSPS) is 14.7. The fraction of sp³-hybridized carbons (Fsp3) is 0.971. The van der Waals surface area contributed by atoms with Crippen LogP contribution < -0.4 is 11.1 Å². The van der Waals surface area contributed by atoms with Gasteiger partial charge in [-0.1, -0.05) is 150 Å². The Morgan fingerprint density at radius 1 is 0.674 bits per heavy atom. The fourth-order valence-corrected chi connectivity index (χ4v) is 6.09. The van der Waals surface area contributed by atoms with Crippen LogP contribution in [0.2, 0.25) is 0 Å². The molecule has 1 amide bonds. The summed E-state index contributed by atoms with van der Waals surface area (Å²) < 4.78 is 22.0. The van der Waals surface area contributed by atoms with E-state index < -0.39 is 20.0 Å². The summed E-state index contributed by atoms with van der Waals surface area (Å²) in [5, 5.41) is 13.7. The predicted octanol–water partition coefficient (Wildman–Crippen LogP) is 8.82. The number of nitrogens with two attached hydrogens (primary N) is 1. The number of aliphatic hydroxyl groups excluding tert-OH is 1. The third kappa shape index (κ3) is 29.9. The highest BCUT2D eigenvalue weighted by Crippen LogP contribution is 2.43. The number of hydrogen-bond acceptors (Lipinski definition) is 6. The van der Waals surface area contributed by atoms with E-state index in [9.17, 15) is 19.4 Å². The van der Waals surface area contributed by atoms with Crippen LogP contribution in [0.4, 0.5) is 0 Å². The van der Waals surface area contributed by atoms with Gasteiger partial charge in [-0.15, -0.1) is 0 Å². The van der Waals surface area contributed by atoms with Crippen molar-refractivity contribution in [1.82, 2.24) is 5.32 Å². The Morgan fingerprint density at radius 3 is 1.49 bits per heavy atom. The van der Waals surface area contributed by atoms with Crippen molar-refractivity contribution >= 4 is 13.7 Å². The lowest BCUT2D eigenvalue weighted by atomic mass is 10.0. The smallest absolute Gasteiger partial charge is 0.391 e. The molecule has 0 fully saturated rings. The van der Waals surface area contributed by atoms with Gasteiger partial charge < -0.3 is 21.1 Å². The van der Waals surface area contributed by atoms with E-state index in [1.807, 2.05) is 0 Å². The summed E-state index contributed by atoms with van der Waals surface area (Å²) in [7, 11) is -4.30. The predicted molar refractivity (Wildman–Crippen MR) is 180 cm³/mol. The van der Waals surface area contributed by atoms with Gasteiger partial charge in [-0.05, 0) is 24.7 Å². The Bertz CT molecular complexity index is 679. The van der Waals surface area contributed by atoms with Crippen LogP contribution in [-0.2, 0) is 18.4 Å². The van der Waals surface area contributed by atoms with Crippen molar-refractivity contribution in [2.75, 3.05) is 19.8 Å². The molecule has 258 valence electrons. The zero-order valence-electron chi connectivity index (χ0n) is 28.5. The molecule has 0 saturated carbocycles. The molecule has 0 aliphatic carbocycles. The van der Waals surface area contributed by atoms with E-state index in [4.69, 9.17) is 14.8 Å². The van der Waals surface area contributed by atoms with E-state index in [-0.39, 0.29) is 25.7 Å². The van der Waals surface area contributed by atoms with Gasteiger partial charge in [0, 0.05) is 13.0 Å². The molecule has 9 heteroatoms. The summed E-state index contributed by atoms with van der Waals surface area (Å²) >= 11 is 0. The van der Waals surface area contributed by atoms with E-state index >= 15 is 0 Å². The molecule has 0 rings (SSSR count). The molecular weight excluding hydrogens is 563 g/mol. The van der Waals surface area contributed by atoms with Crippen LogP contribution in [-0.4, -0.2) is 47.8 Å². The number of unbranched alkanes of at least 4 members (excludes halogenated alkanes) is 16. The van der Waals surface area contributed by atoms with E-state index in [1.165, 1.54) is 89.9 Å². The molecule has 3 atom stereocenters. The van der Waals surface area contributed by atoms with Gasteiger partial charge in [-0.25, -0.2) is 4.57 Å². The maximum Gasteiger partial charge on any atom is 0.472 e. The topological polar surface area (TPSA) is 131 Å². The van der Waals surface area contributed by atoms with E-state index in [1.54, 1.807) is 0 Å². The molecule has 0 aliphatic rings. The summed E-state index contributed by atoms with van der Waals surface area (Å²) in [4.78, 5) is 22.5. The molecule has 8 nitrogen and oxygen atoms in total. The molecular formula is C34H71N2O6P. The second-order valence-electron chi connectivity index (χ2n) is 13.4. The molecule has 0 aromatic rings. The molecule has 0 bridgehead atoms. The lowest BCUT2D eigenvalue weighted by molar-refractivity contribution is -0.123. The third-order valence-electron chi connectivity index (χ3n) is 8.07. The standard InChI is InChI=1S/C34H71N2O6P/c1-30(2)23-19-15-11-7-5-9-13-17-21-25-33(37)32(29-42-43(39,40)41-28-27-35)36-34(38)26-22-18-14-10-6-8-12-16-20-24-31(3)4/h30-33,37H,5-29,35H2,1-4H3,(H,36,38)(H,39,40). The number of rotatable bonds is 32. The van der Waals surface area contributed by atoms with Crippen LogP contribution >= 0.6 is 7.82 Å². The summed E-state index contributed by atoms with van der Waals surface area (Å²) in [6.07, 6.45) is 24.0. The minimum atomic E-state index is -4.30. The van der Waals surface area contributed by atoms with Crippen LogP contribution in [0.5, 0.6) is 0 Å². The van der Waals surface area contributed by atoms with Crippen LogP contribution in [0, 0.1) is 11.8 Å². The lowest BCUT2D eigenvalue weighted by Crippen LogP contribution is -2.46. The first-order chi connectivity index (χ1) is 20.6. The number of carbonyl (C=O) groups excluding carboxylic acids is 1. The second-order valence-corrected chi connectivity index (χ2v) is 14.8. The average molecular weight is 635 g/mol. The first-order valence-electron chi connectivity index (χ1n) is 17.9. The largest absolute Gasteiger partial charge is 0.472 e. The summed E-state index contributed by atoms with van der Waals surface area (Å²) in [5.41, 5.74) is 5.35. The maximum atomic E-state index is 12.7.